The molecule has 0 aliphatic carbocycles. The summed E-state index contributed by atoms with van der Waals surface area (Å²) < 4.78 is 0. The molecule has 0 radical (unpaired) electrons. The van der Waals surface area contributed by atoms with Gasteiger partial charge in [-0.15, -0.1) is 0 Å². The zero-order valence-corrected chi connectivity index (χ0v) is 15.2. The van der Waals surface area contributed by atoms with Crippen molar-refractivity contribution >= 4 is 51.6 Å². The molecular formula is C17H12ClN5O3S. The van der Waals surface area contributed by atoms with Crippen molar-refractivity contribution in [1.29, 1.82) is 0 Å². The van der Waals surface area contributed by atoms with E-state index in [0.29, 0.717) is 10.0 Å². The van der Waals surface area contributed by atoms with E-state index in [1.54, 1.807) is 0 Å². The summed E-state index contributed by atoms with van der Waals surface area (Å²) in [5.41, 5.74) is 3.37. The number of hydrazone groups is 1. The van der Waals surface area contributed by atoms with E-state index in [1.165, 1.54) is 41.8 Å². The third-order valence-corrected chi connectivity index (χ3v) is 4.63. The highest BCUT2D eigenvalue weighted by molar-refractivity contribution is 7.17. The van der Waals surface area contributed by atoms with Crippen molar-refractivity contribution in [2.24, 2.45) is 5.10 Å². The Labute approximate surface area is 162 Å². The molecule has 0 saturated heterocycles. The maximum atomic E-state index is 12.0. The van der Waals surface area contributed by atoms with Gasteiger partial charge in [-0.2, -0.15) is 5.10 Å². The van der Waals surface area contributed by atoms with Crippen molar-refractivity contribution in [2.45, 2.75) is 0 Å². The first-order chi connectivity index (χ1) is 13.0. The van der Waals surface area contributed by atoms with E-state index in [0.717, 1.165) is 5.69 Å². The van der Waals surface area contributed by atoms with Gasteiger partial charge in [-0.05, 0) is 24.3 Å². The standard InChI is InChI=1S/C17H12ClN5O3S/c18-15-14(27-17(21-15)20-12-4-2-1-3-5-12)10-19-22-16(24)11-6-8-13(9-7-11)23(25)26/h1-10H,(H,20,21)(H,22,24)/b19-10+. The van der Waals surface area contributed by atoms with Gasteiger partial charge in [0.2, 0.25) is 0 Å². The van der Waals surface area contributed by atoms with Gasteiger partial charge in [-0.3, -0.25) is 14.9 Å². The largest absolute Gasteiger partial charge is 0.331 e. The zero-order chi connectivity index (χ0) is 19.2. The molecule has 0 atom stereocenters. The number of para-hydroxylation sites is 1. The average molecular weight is 402 g/mol. The molecular weight excluding hydrogens is 390 g/mol. The fourth-order valence-electron chi connectivity index (χ4n) is 2.04. The molecule has 136 valence electrons. The van der Waals surface area contributed by atoms with Gasteiger partial charge < -0.3 is 5.32 Å². The molecule has 0 aliphatic heterocycles. The number of rotatable bonds is 6. The molecule has 1 aromatic heterocycles. The van der Waals surface area contributed by atoms with Crippen LogP contribution in [-0.2, 0) is 0 Å². The van der Waals surface area contributed by atoms with Gasteiger partial charge in [0.15, 0.2) is 10.3 Å². The number of hydrogen-bond acceptors (Lipinski definition) is 7. The third kappa shape index (κ3) is 4.87. The minimum Gasteiger partial charge on any atom is -0.331 e. The second kappa shape index (κ2) is 8.39. The van der Waals surface area contributed by atoms with Gasteiger partial charge in [-0.1, -0.05) is 41.1 Å². The number of carbonyl (C=O) groups is 1. The number of aromatic nitrogens is 1. The summed E-state index contributed by atoms with van der Waals surface area (Å²) in [7, 11) is 0. The molecule has 10 heteroatoms. The number of nitro groups is 1. The number of thiazole rings is 1. The van der Waals surface area contributed by atoms with Crippen molar-refractivity contribution < 1.29 is 9.72 Å². The van der Waals surface area contributed by atoms with Crippen molar-refractivity contribution in [1.82, 2.24) is 10.4 Å². The molecule has 2 aromatic carbocycles. The van der Waals surface area contributed by atoms with Crippen molar-refractivity contribution in [3.05, 3.63) is 80.3 Å². The van der Waals surface area contributed by atoms with Crippen LogP contribution < -0.4 is 10.7 Å². The first-order valence-electron chi connectivity index (χ1n) is 7.59. The van der Waals surface area contributed by atoms with Gasteiger partial charge in [0, 0.05) is 23.4 Å². The predicted molar refractivity (Wildman–Crippen MR) is 105 cm³/mol. The second-order valence-corrected chi connectivity index (χ2v) is 6.56. The zero-order valence-electron chi connectivity index (χ0n) is 13.6. The summed E-state index contributed by atoms with van der Waals surface area (Å²) in [6, 6.07) is 14.7. The Hall–Kier alpha value is -3.30. The van der Waals surface area contributed by atoms with Gasteiger partial charge in [0.25, 0.3) is 11.6 Å². The van der Waals surface area contributed by atoms with Crippen LogP contribution in [0, 0.1) is 10.1 Å². The Kier molecular flexibility index (Phi) is 5.74. The molecule has 27 heavy (non-hydrogen) atoms. The number of non-ortho nitro benzene ring substituents is 1. The highest BCUT2D eigenvalue weighted by atomic mass is 35.5. The number of nitro benzene ring substituents is 1. The molecule has 0 unspecified atom stereocenters. The molecule has 0 fully saturated rings. The SMILES string of the molecule is O=C(N/N=C/c1sc(Nc2ccccc2)nc1Cl)c1ccc([N+](=O)[O-])cc1. The molecule has 0 saturated carbocycles. The average Bonchev–Trinajstić information content (AvgIpc) is 3.01. The Morgan fingerprint density at radius 1 is 1.19 bits per heavy atom. The lowest BCUT2D eigenvalue weighted by atomic mass is 10.2. The van der Waals surface area contributed by atoms with E-state index in [2.05, 4.69) is 20.8 Å². The van der Waals surface area contributed by atoms with Crippen LogP contribution in [0.1, 0.15) is 15.2 Å². The summed E-state index contributed by atoms with van der Waals surface area (Å²) in [5.74, 6) is -0.496. The number of nitrogens with one attached hydrogen (secondary N) is 2. The number of nitrogens with zero attached hydrogens (tertiary/aromatic N) is 3. The lowest BCUT2D eigenvalue weighted by Crippen LogP contribution is -2.17. The number of carbonyl (C=O) groups excluding carboxylic acids is 1. The predicted octanol–water partition coefficient (Wildman–Crippen LogP) is 4.21. The molecule has 1 heterocycles. The van der Waals surface area contributed by atoms with Crippen LogP contribution in [0.5, 0.6) is 0 Å². The summed E-state index contributed by atoms with van der Waals surface area (Å²) in [5, 5.41) is 18.4. The molecule has 8 nitrogen and oxygen atoms in total. The van der Waals surface area contributed by atoms with E-state index in [-0.39, 0.29) is 16.4 Å². The normalized spacial score (nSPS) is 10.7. The van der Waals surface area contributed by atoms with E-state index in [4.69, 9.17) is 11.6 Å². The van der Waals surface area contributed by atoms with E-state index >= 15 is 0 Å². The molecule has 2 N–H and O–H groups in total. The summed E-state index contributed by atoms with van der Waals surface area (Å²) in [4.78, 5) is 26.8. The number of benzene rings is 2. The van der Waals surface area contributed by atoms with Crippen molar-refractivity contribution in [3.63, 3.8) is 0 Å². The summed E-state index contributed by atoms with van der Waals surface area (Å²) >= 11 is 7.36. The lowest BCUT2D eigenvalue weighted by molar-refractivity contribution is -0.384. The number of hydrogen-bond donors (Lipinski definition) is 2. The number of amides is 1. The second-order valence-electron chi connectivity index (χ2n) is 5.17. The quantitative estimate of drug-likeness (QED) is 0.365. The van der Waals surface area contributed by atoms with Gasteiger partial charge in [0.1, 0.15) is 0 Å². The fraction of sp³-hybridized carbons (Fsp3) is 0. The van der Waals surface area contributed by atoms with E-state index < -0.39 is 10.8 Å². The Morgan fingerprint density at radius 2 is 1.89 bits per heavy atom. The van der Waals surface area contributed by atoms with Gasteiger partial charge in [-0.25, -0.2) is 10.4 Å². The van der Waals surface area contributed by atoms with Crippen LogP contribution in [0.15, 0.2) is 59.7 Å². The van der Waals surface area contributed by atoms with Crippen LogP contribution in [0.25, 0.3) is 0 Å². The number of halogens is 1. The molecule has 0 aliphatic rings. The van der Waals surface area contributed by atoms with Gasteiger partial charge >= 0.3 is 0 Å². The van der Waals surface area contributed by atoms with Crippen molar-refractivity contribution in [3.8, 4) is 0 Å². The third-order valence-electron chi connectivity index (χ3n) is 3.32. The lowest BCUT2D eigenvalue weighted by Gasteiger charge is -2.00. The van der Waals surface area contributed by atoms with Crippen LogP contribution in [0.2, 0.25) is 5.15 Å². The summed E-state index contributed by atoms with van der Waals surface area (Å²) in [6.07, 6.45) is 1.39. The molecule has 1 amide bonds. The summed E-state index contributed by atoms with van der Waals surface area (Å²) in [6.45, 7) is 0. The Morgan fingerprint density at radius 3 is 2.56 bits per heavy atom. The highest BCUT2D eigenvalue weighted by Gasteiger charge is 2.10. The van der Waals surface area contributed by atoms with E-state index in [9.17, 15) is 14.9 Å². The Balaban J connectivity index is 1.62. The number of anilines is 2. The van der Waals surface area contributed by atoms with Crippen LogP contribution in [0.3, 0.4) is 0 Å². The minimum atomic E-state index is -0.535. The van der Waals surface area contributed by atoms with E-state index in [1.807, 2.05) is 30.3 Å². The molecule has 0 spiro atoms. The highest BCUT2D eigenvalue weighted by Crippen LogP contribution is 2.27. The maximum Gasteiger partial charge on any atom is 0.271 e. The molecule has 3 rings (SSSR count). The first kappa shape index (κ1) is 18.5. The maximum absolute atomic E-state index is 12.0. The molecule has 3 aromatic rings. The molecule has 0 bridgehead atoms. The fourth-order valence-corrected chi connectivity index (χ4v) is 3.09. The Bertz CT molecular complexity index is 990. The minimum absolute atomic E-state index is 0.0926. The van der Waals surface area contributed by atoms with Crippen LogP contribution in [0.4, 0.5) is 16.5 Å². The van der Waals surface area contributed by atoms with Crippen LogP contribution >= 0.6 is 22.9 Å². The van der Waals surface area contributed by atoms with Crippen LogP contribution in [-0.4, -0.2) is 22.0 Å². The monoisotopic (exact) mass is 401 g/mol. The topological polar surface area (TPSA) is 110 Å². The van der Waals surface area contributed by atoms with Crippen molar-refractivity contribution in [2.75, 3.05) is 5.32 Å². The smallest absolute Gasteiger partial charge is 0.271 e. The van der Waals surface area contributed by atoms with Gasteiger partial charge in [0.05, 0.1) is 16.0 Å². The first-order valence-corrected chi connectivity index (χ1v) is 8.78.